The molecule has 1 aromatic rings. The molecular formula is C28H43NO7. The van der Waals surface area contributed by atoms with Crippen LogP contribution >= 0.6 is 0 Å². The van der Waals surface area contributed by atoms with Crippen molar-refractivity contribution < 1.29 is 33.3 Å². The van der Waals surface area contributed by atoms with Crippen molar-refractivity contribution >= 4 is 17.7 Å². The van der Waals surface area contributed by atoms with Crippen molar-refractivity contribution in [2.45, 2.75) is 92.3 Å². The van der Waals surface area contributed by atoms with Crippen LogP contribution in [0.4, 0.5) is 0 Å². The third kappa shape index (κ3) is 9.19. The smallest absolute Gasteiger partial charge is 0.309 e. The Kier molecular flexibility index (Phi) is 11.8. The molecule has 4 atom stereocenters. The molecule has 0 radical (unpaired) electrons. The number of Topliss-reactive ketones (excluding diaryl/α,β-unsaturated/α-hetero) is 1. The van der Waals surface area contributed by atoms with Gasteiger partial charge >= 0.3 is 11.9 Å². The Morgan fingerprint density at radius 2 is 1.81 bits per heavy atom. The Bertz CT molecular complexity index is 881. The maximum atomic E-state index is 13.0. The highest BCUT2D eigenvalue weighted by molar-refractivity contribution is 5.99. The van der Waals surface area contributed by atoms with E-state index in [1.54, 1.807) is 6.92 Å². The quantitative estimate of drug-likeness (QED) is 0.217. The molecule has 0 N–H and O–H groups in total. The molecule has 1 aliphatic rings. The Hall–Kier alpha value is -2.48. The molecule has 36 heavy (non-hydrogen) atoms. The SMILES string of the molecule is CC[C@@H](CCC(C)C)[C@H](OCC1CC1)[C@H](C)OC(=O)[C@H](C)CC(=O)c1nccc(OC)c1OC(C)=O. The molecule has 0 saturated heterocycles. The molecule has 0 aliphatic heterocycles. The fourth-order valence-electron chi connectivity index (χ4n) is 4.19. The monoisotopic (exact) mass is 505 g/mol. The molecule has 0 amide bonds. The molecule has 8 heteroatoms. The average molecular weight is 506 g/mol. The molecule has 1 aliphatic carbocycles. The van der Waals surface area contributed by atoms with Crippen LogP contribution in [0.3, 0.4) is 0 Å². The predicted molar refractivity (Wildman–Crippen MR) is 136 cm³/mol. The Morgan fingerprint density at radius 1 is 1.11 bits per heavy atom. The van der Waals surface area contributed by atoms with Crippen LogP contribution in [0.2, 0.25) is 0 Å². The molecule has 0 bridgehead atoms. The van der Waals surface area contributed by atoms with Crippen LogP contribution in [-0.2, 0) is 19.1 Å². The molecule has 0 aromatic carbocycles. The lowest BCUT2D eigenvalue weighted by Crippen LogP contribution is -2.39. The summed E-state index contributed by atoms with van der Waals surface area (Å²) in [6, 6.07) is 1.50. The van der Waals surface area contributed by atoms with E-state index in [1.807, 2.05) is 6.92 Å². The van der Waals surface area contributed by atoms with E-state index in [4.69, 9.17) is 18.9 Å². The zero-order valence-corrected chi connectivity index (χ0v) is 22.9. The molecule has 0 unspecified atom stereocenters. The molecule has 1 heterocycles. The summed E-state index contributed by atoms with van der Waals surface area (Å²) in [4.78, 5) is 41.6. The highest BCUT2D eigenvalue weighted by Crippen LogP contribution is 2.33. The summed E-state index contributed by atoms with van der Waals surface area (Å²) < 4.78 is 22.5. The minimum Gasteiger partial charge on any atom is -0.493 e. The number of ketones is 1. The number of rotatable bonds is 16. The van der Waals surface area contributed by atoms with Crippen molar-refractivity contribution in [2.75, 3.05) is 13.7 Å². The number of carbonyl (C=O) groups is 3. The van der Waals surface area contributed by atoms with Crippen LogP contribution < -0.4 is 9.47 Å². The van der Waals surface area contributed by atoms with Crippen molar-refractivity contribution in [3.8, 4) is 11.5 Å². The first kappa shape index (κ1) is 29.7. The van der Waals surface area contributed by atoms with Gasteiger partial charge < -0.3 is 18.9 Å². The van der Waals surface area contributed by atoms with Crippen molar-refractivity contribution in [1.29, 1.82) is 0 Å². The van der Waals surface area contributed by atoms with Gasteiger partial charge in [-0.25, -0.2) is 4.98 Å². The fraction of sp³-hybridized carbons (Fsp3) is 0.714. The second-order valence-corrected chi connectivity index (χ2v) is 10.3. The lowest BCUT2D eigenvalue weighted by molar-refractivity contribution is -0.164. The minimum atomic E-state index is -0.710. The predicted octanol–water partition coefficient (Wildman–Crippen LogP) is 5.41. The lowest BCUT2D eigenvalue weighted by atomic mass is 9.88. The molecule has 202 valence electrons. The molecule has 2 rings (SSSR count). The van der Waals surface area contributed by atoms with Crippen LogP contribution in [0.15, 0.2) is 12.3 Å². The summed E-state index contributed by atoms with van der Waals surface area (Å²) in [5.74, 6) is -0.553. The van der Waals surface area contributed by atoms with Gasteiger partial charge in [0.1, 0.15) is 6.10 Å². The standard InChI is InChI=1S/C28H43NO7/c1-8-22(12-9-17(2)3)26(34-16-21-10-11-21)19(5)35-28(32)18(4)15-23(31)25-27(36-20(6)30)24(33-7)13-14-29-25/h13-14,17-19,21-22,26H,8-12,15-16H2,1-7H3/t18-,19+,22+,26-/m1/s1. The van der Waals surface area contributed by atoms with Crippen molar-refractivity contribution in [3.05, 3.63) is 18.0 Å². The summed E-state index contributed by atoms with van der Waals surface area (Å²) in [5.41, 5.74) is -0.0531. The Labute approximate surface area is 215 Å². The molecule has 0 spiro atoms. The maximum absolute atomic E-state index is 13.0. The van der Waals surface area contributed by atoms with Gasteiger partial charge in [0.25, 0.3) is 0 Å². The number of methoxy groups -OCH3 is 1. The number of esters is 2. The van der Waals surface area contributed by atoms with E-state index in [2.05, 4.69) is 25.8 Å². The average Bonchev–Trinajstić information content (AvgIpc) is 3.64. The first-order valence-corrected chi connectivity index (χ1v) is 13.1. The van der Waals surface area contributed by atoms with Gasteiger partial charge in [0.2, 0.25) is 5.75 Å². The largest absolute Gasteiger partial charge is 0.493 e. The van der Waals surface area contributed by atoms with Crippen LogP contribution in [0.5, 0.6) is 11.5 Å². The fourth-order valence-corrected chi connectivity index (χ4v) is 4.19. The maximum Gasteiger partial charge on any atom is 0.309 e. The third-order valence-corrected chi connectivity index (χ3v) is 6.58. The van der Waals surface area contributed by atoms with Crippen LogP contribution in [0.25, 0.3) is 0 Å². The number of ether oxygens (including phenoxy) is 4. The van der Waals surface area contributed by atoms with E-state index in [1.165, 1.54) is 39.1 Å². The van der Waals surface area contributed by atoms with Gasteiger partial charge in [-0.3, -0.25) is 14.4 Å². The Morgan fingerprint density at radius 3 is 2.36 bits per heavy atom. The van der Waals surface area contributed by atoms with Crippen molar-refractivity contribution in [2.24, 2.45) is 23.7 Å². The summed E-state index contributed by atoms with van der Waals surface area (Å²) in [5, 5.41) is 0. The summed E-state index contributed by atoms with van der Waals surface area (Å²) in [6.07, 6.45) is 6.07. The zero-order chi connectivity index (χ0) is 26.8. The molecule has 1 fully saturated rings. The topological polar surface area (TPSA) is 101 Å². The van der Waals surface area contributed by atoms with E-state index in [-0.39, 0.29) is 35.6 Å². The van der Waals surface area contributed by atoms with E-state index in [9.17, 15) is 14.4 Å². The van der Waals surface area contributed by atoms with Gasteiger partial charge in [-0.05, 0) is 43.9 Å². The first-order valence-electron chi connectivity index (χ1n) is 13.1. The molecule has 1 aromatic heterocycles. The number of aromatic nitrogens is 1. The van der Waals surface area contributed by atoms with E-state index in [0.29, 0.717) is 18.4 Å². The van der Waals surface area contributed by atoms with Gasteiger partial charge in [-0.2, -0.15) is 0 Å². The third-order valence-electron chi connectivity index (χ3n) is 6.58. The summed E-state index contributed by atoms with van der Waals surface area (Å²) >= 11 is 0. The number of pyridine rings is 1. The van der Waals surface area contributed by atoms with E-state index < -0.39 is 29.7 Å². The van der Waals surface area contributed by atoms with Crippen molar-refractivity contribution in [1.82, 2.24) is 4.98 Å². The Balaban J connectivity index is 2.07. The second kappa shape index (κ2) is 14.3. The van der Waals surface area contributed by atoms with Crippen LogP contribution in [0, 0.1) is 23.7 Å². The first-order chi connectivity index (χ1) is 17.1. The highest BCUT2D eigenvalue weighted by atomic mass is 16.6. The highest BCUT2D eigenvalue weighted by Gasteiger charge is 2.33. The normalized spacial score (nSPS) is 16.7. The zero-order valence-electron chi connectivity index (χ0n) is 22.9. The van der Waals surface area contributed by atoms with Crippen molar-refractivity contribution in [3.63, 3.8) is 0 Å². The minimum absolute atomic E-state index is 0.0454. The number of hydrogen-bond acceptors (Lipinski definition) is 8. The number of nitrogens with zero attached hydrogens (tertiary/aromatic N) is 1. The van der Waals surface area contributed by atoms with Crippen LogP contribution in [-0.4, -0.2) is 48.6 Å². The van der Waals surface area contributed by atoms with Gasteiger partial charge in [0, 0.05) is 32.2 Å². The second-order valence-electron chi connectivity index (χ2n) is 10.3. The molecule has 8 nitrogen and oxygen atoms in total. The summed E-state index contributed by atoms with van der Waals surface area (Å²) in [6.45, 7) is 12.0. The lowest BCUT2D eigenvalue weighted by Gasteiger charge is -2.32. The van der Waals surface area contributed by atoms with Gasteiger partial charge in [-0.15, -0.1) is 0 Å². The van der Waals surface area contributed by atoms with Gasteiger partial charge in [0.05, 0.1) is 19.1 Å². The van der Waals surface area contributed by atoms with Gasteiger partial charge in [-0.1, -0.05) is 40.5 Å². The van der Waals surface area contributed by atoms with E-state index >= 15 is 0 Å². The van der Waals surface area contributed by atoms with Gasteiger partial charge in [0.15, 0.2) is 17.2 Å². The summed E-state index contributed by atoms with van der Waals surface area (Å²) in [7, 11) is 1.41. The number of hydrogen-bond donors (Lipinski definition) is 0. The number of carbonyl (C=O) groups excluding carboxylic acids is 3. The molecule has 1 saturated carbocycles. The van der Waals surface area contributed by atoms with Crippen LogP contribution in [0.1, 0.15) is 90.6 Å². The van der Waals surface area contributed by atoms with E-state index in [0.717, 1.165) is 19.3 Å². The molecular weight excluding hydrogens is 462 g/mol.